The van der Waals surface area contributed by atoms with Crippen molar-refractivity contribution in [3.63, 3.8) is 0 Å². The monoisotopic (exact) mass is 361 g/mol. The quantitative estimate of drug-likeness (QED) is 0.738. The highest BCUT2D eigenvalue weighted by atomic mass is 16.5. The van der Waals surface area contributed by atoms with Gasteiger partial charge in [-0.15, -0.1) is 0 Å². The van der Waals surface area contributed by atoms with Crippen LogP contribution in [-0.2, 0) is 25.5 Å². The number of anilines is 1. The van der Waals surface area contributed by atoms with Gasteiger partial charge < -0.3 is 20.7 Å². The number of nitrogens with one attached hydrogen (secondary N) is 3. The first kappa shape index (κ1) is 19.9. The molecule has 7 heteroatoms. The van der Waals surface area contributed by atoms with Gasteiger partial charge in [-0.05, 0) is 23.6 Å². The molecular weight excluding hydrogens is 334 g/mol. The summed E-state index contributed by atoms with van der Waals surface area (Å²) in [5.41, 5.74) is 1.58. The van der Waals surface area contributed by atoms with Crippen molar-refractivity contribution in [3.8, 4) is 0 Å². The SMILES string of the molecule is CC(=O)N[C@@H]1Cc2ccc(cc2)NC(=O)CCOC[C@H](C(C)C)NC1=O. The third kappa shape index (κ3) is 6.15. The van der Waals surface area contributed by atoms with E-state index < -0.39 is 6.04 Å². The van der Waals surface area contributed by atoms with Gasteiger partial charge in [0.05, 0.1) is 25.7 Å². The van der Waals surface area contributed by atoms with E-state index in [-0.39, 0.29) is 42.7 Å². The van der Waals surface area contributed by atoms with E-state index in [1.165, 1.54) is 6.92 Å². The molecule has 2 aliphatic heterocycles. The van der Waals surface area contributed by atoms with Crippen LogP contribution in [0.1, 0.15) is 32.8 Å². The Morgan fingerprint density at radius 3 is 2.54 bits per heavy atom. The number of carbonyl (C=O) groups excluding carboxylic acids is 3. The Morgan fingerprint density at radius 1 is 1.23 bits per heavy atom. The van der Waals surface area contributed by atoms with Gasteiger partial charge in [-0.25, -0.2) is 0 Å². The Bertz CT molecular complexity index is 643. The van der Waals surface area contributed by atoms with Crippen LogP contribution in [-0.4, -0.2) is 43.0 Å². The largest absolute Gasteiger partial charge is 0.379 e. The van der Waals surface area contributed by atoms with Crippen molar-refractivity contribution < 1.29 is 19.1 Å². The number of hydrogen-bond donors (Lipinski definition) is 3. The average Bonchev–Trinajstić information content (AvgIpc) is 2.57. The molecule has 0 aliphatic carbocycles. The fourth-order valence-corrected chi connectivity index (χ4v) is 2.70. The molecule has 0 saturated carbocycles. The lowest BCUT2D eigenvalue weighted by Gasteiger charge is -2.25. The zero-order valence-corrected chi connectivity index (χ0v) is 15.5. The van der Waals surface area contributed by atoms with Crippen LogP contribution in [0.2, 0.25) is 0 Å². The number of carbonyl (C=O) groups is 3. The molecule has 2 bridgehead atoms. The minimum atomic E-state index is -0.667. The van der Waals surface area contributed by atoms with Crippen molar-refractivity contribution in [2.45, 2.75) is 45.7 Å². The van der Waals surface area contributed by atoms with Crippen LogP contribution in [0.3, 0.4) is 0 Å². The van der Waals surface area contributed by atoms with Crippen molar-refractivity contribution in [1.82, 2.24) is 10.6 Å². The Morgan fingerprint density at radius 2 is 1.92 bits per heavy atom. The van der Waals surface area contributed by atoms with Crippen LogP contribution >= 0.6 is 0 Å². The molecule has 0 spiro atoms. The molecule has 3 rings (SSSR count). The van der Waals surface area contributed by atoms with Gasteiger partial charge in [0.1, 0.15) is 6.04 Å². The fraction of sp³-hybridized carbons (Fsp3) is 0.526. The molecule has 0 fully saturated rings. The molecule has 0 unspecified atom stereocenters. The first-order valence-corrected chi connectivity index (χ1v) is 8.89. The molecule has 0 radical (unpaired) electrons. The minimum Gasteiger partial charge on any atom is -0.379 e. The second-order valence-electron chi connectivity index (χ2n) is 6.89. The summed E-state index contributed by atoms with van der Waals surface area (Å²) in [6.07, 6.45) is 0.611. The standard InChI is InChI=1S/C19H27N3O4/c1-12(2)17-11-26-9-8-18(24)21-15-6-4-14(5-7-15)10-16(19(25)22-17)20-13(3)23/h4-7,12,16-17H,8-11H2,1-3H3,(H,20,23)(H,21,24)(H,22,25)/t16-,17-/m1/s1. The van der Waals surface area contributed by atoms with Crippen LogP contribution in [0.25, 0.3) is 0 Å². The van der Waals surface area contributed by atoms with Crippen LogP contribution in [0, 0.1) is 5.92 Å². The second kappa shape index (κ2) is 9.33. The molecule has 1 aromatic rings. The van der Waals surface area contributed by atoms with Crippen molar-refractivity contribution in [1.29, 1.82) is 0 Å². The molecular formula is C19H27N3O4. The number of benzene rings is 1. The fourth-order valence-electron chi connectivity index (χ4n) is 2.70. The van der Waals surface area contributed by atoms with Gasteiger partial charge in [-0.3, -0.25) is 14.4 Å². The van der Waals surface area contributed by atoms with Crippen molar-refractivity contribution in [2.24, 2.45) is 5.92 Å². The van der Waals surface area contributed by atoms with Gasteiger partial charge in [0.2, 0.25) is 17.7 Å². The van der Waals surface area contributed by atoms with E-state index in [0.29, 0.717) is 18.7 Å². The Labute approximate surface area is 153 Å². The Hall–Kier alpha value is -2.41. The number of hydrogen-bond acceptors (Lipinski definition) is 4. The molecule has 3 amide bonds. The highest BCUT2D eigenvalue weighted by Crippen LogP contribution is 2.13. The van der Waals surface area contributed by atoms with E-state index in [1.54, 1.807) is 12.1 Å². The minimum absolute atomic E-state index is 0.117. The summed E-state index contributed by atoms with van der Waals surface area (Å²) >= 11 is 0. The molecule has 2 aliphatic rings. The molecule has 1 aromatic carbocycles. The van der Waals surface area contributed by atoms with Crippen LogP contribution in [0.5, 0.6) is 0 Å². The summed E-state index contributed by atoms with van der Waals surface area (Å²) in [5.74, 6) is -0.464. The predicted molar refractivity (Wildman–Crippen MR) is 98.6 cm³/mol. The van der Waals surface area contributed by atoms with Gasteiger partial charge in [0.15, 0.2) is 0 Å². The number of rotatable bonds is 2. The number of amides is 3. The molecule has 3 N–H and O–H groups in total. The highest BCUT2D eigenvalue weighted by molar-refractivity contribution is 5.91. The van der Waals surface area contributed by atoms with E-state index in [1.807, 2.05) is 26.0 Å². The predicted octanol–water partition coefficient (Wildman–Crippen LogP) is 1.23. The van der Waals surface area contributed by atoms with Gasteiger partial charge in [0.25, 0.3) is 0 Å². The lowest BCUT2D eigenvalue weighted by Crippen LogP contribution is -2.52. The number of ether oxygens (including phenoxy) is 1. The summed E-state index contributed by atoms with van der Waals surface area (Å²) < 4.78 is 5.58. The van der Waals surface area contributed by atoms with Crippen molar-refractivity contribution in [2.75, 3.05) is 18.5 Å². The molecule has 26 heavy (non-hydrogen) atoms. The molecule has 2 atom stereocenters. The van der Waals surface area contributed by atoms with Crippen molar-refractivity contribution in [3.05, 3.63) is 29.8 Å². The first-order valence-electron chi connectivity index (χ1n) is 8.89. The summed E-state index contributed by atoms with van der Waals surface area (Å²) in [7, 11) is 0. The average molecular weight is 361 g/mol. The van der Waals surface area contributed by atoms with Gasteiger partial charge in [-0.1, -0.05) is 26.0 Å². The summed E-state index contributed by atoms with van der Waals surface area (Å²) in [6, 6.07) is 6.38. The van der Waals surface area contributed by atoms with Crippen LogP contribution < -0.4 is 16.0 Å². The number of fused-ring (bicyclic) bond motifs is 12. The summed E-state index contributed by atoms with van der Waals surface area (Å²) in [4.78, 5) is 36.2. The second-order valence-corrected chi connectivity index (χ2v) is 6.89. The zero-order chi connectivity index (χ0) is 19.1. The topological polar surface area (TPSA) is 96.5 Å². The van der Waals surface area contributed by atoms with Crippen molar-refractivity contribution >= 4 is 23.4 Å². The van der Waals surface area contributed by atoms with Crippen LogP contribution in [0.15, 0.2) is 24.3 Å². The normalized spacial score (nSPS) is 22.2. The highest BCUT2D eigenvalue weighted by Gasteiger charge is 2.24. The summed E-state index contributed by atoms with van der Waals surface area (Å²) in [5, 5.41) is 8.50. The Kier molecular flexibility index (Phi) is 7.15. The maximum atomic E-state index is 12.7. The molecule has 0 aromatic heterocycles. The maximum absolute atomic E-state index is 12.7. The smallest absolute Gasteiger partial charge is 0.243 e. The lowest BCUT2D eigenvalue weighted by molar-refractivity contribution is -0.129. The van der Waals surface area contributed by atoms with E-state index in [4.69, 9.17) is 4.74 Å². The van der Waals surface area contributed by atoms with E-state index in [9.17, 15) is 14.4 Å². The third-order valence-corrected chi connectivity index (χ3v) is 4.27. The van der Waals surface area contributed by atoms with E-state index >= 15 is 0 Å². The molecule has 2 heterocycles. The maximum Gasteiger partial charge on any atom is 0.243 e. The van der Waals surface area contributed by atoms with Gasteiger partial charge in [0, 0.05) is 19.0 Å². The zero-order valence-electron chi connectivity index (χ0n) is 15.5. The van der Waals surface area contributed by atoms with E-state index in [2.05, 4.69) is 16.0 Å². The third-order valence-electron chi connectivity index (χ3n) is 4.27. The molecule has 7 nitrogen and oxygen atoms in total. The Balaban J connectivity index is 2.24. The lowest BCUT2D eigenvalue weighted by atomic mass is 10.0. The van der Waals surface area contributed by atoms with Gasteiger partial charge in [-0.2, -0.15) is 0 Å². The first-order chi connectivity index (χ1) is 12.3. The molecule has 0 saturated heterocycles. The van der Waals surface area contributed by atoms with E-state index in [0.717, 1.165) is 5.56 Å². The summed E-state index contributed by atoms with van der Waals surface area (Å²) in [6.45, 7) is 5.96. The van der Waals surface area contributed by atoms with Crippen LogP contribution in [0.4, 0.5) is 5.69 Å². The van der Waals surface area contributed by atoms with Gasteiger partial charge >= 0.3 is 0 Å². The molecule has 142 valence electrons.